The maximum Gasteiger partial charge on any atom is 0.262 e. The number of carbonyl (C=O) groups excluding carboxylic acids is 4. The molecule has 12 heteroatoms. The van der Waals surface area contributed by atoms with E-state index >= 15 is 19.2 Å². The fourth-order valence-corrected chi connectivity index (χ4v) is 24.0. The lowest BCUT2D eigenvalue weighted by Gasteiger charge is -2.52. The lowest BCUT2D eigenvalue weighted by molar-refractivity contribution is -0.126. The highest BCUT2D eigenvalue weighted by Crippen LogP contribution is 2.67. The molecule has 4 amide bonds. The Balaban J connectivity index is 0.677. The molecule has 11 aliphatic carbocycles. The standard InChI is InChI=1S/C124H118Cl2N2O8/c1-65(2)81-28-22-29-82(66(3)4)115(81)127-117(129)95-61-101(133-77-46-40-73(41-47-77)121(9,10)11)109-89-34-24-32-87-85(52-54-91(105(87)89)111-102(62-96(118(127)130)107(95)113(109)111)134-78-48-42-74(43-49-78)122(12,13)14)93-56-69-36-38-72-59-100(126)94(57-70(72)37-39-71(69)58-99(93)125)86-53-55-92-106-88(86)33-25-35-90(106)110-104(136-80-27-21-26-76(60-80)124(18,19)20)64-98-108-97(63-103(112(92)114(108)110)135-79-50-44-75(45-51-79)123(15,16)17)119(131)128(120(98)132)116-83(67(5)6)30-23-31-84(116)68(7)8/h21-35,37,39-68,87-88,105-108,113-114H,36,38H2,1-20H3. The van der Waals surface area contributed by atoms with Gasteiger partial charge in [-0.15, -0.1) is 0 Å². The molecule has 0 spiro atoms. The van der Waals surface area contributed by atoms with Crippen LogP contribution in [0.25, 0.3) is 23.3 Å². The zero-order valence-corrected chi connectivity index (χ0v) is 83.0. The van der Waals surface area contributed by atoms with Crippen LogP contribution < -0.4 is 28.7 Å². The molecule has 8 unspecified atom stereocenters. The summed E-state index contributed by atoms with van der Waals surface area (Å²) in [5.74, 6) is -0.227. The van der Waals surface area contributed by atoms with Crippen LogP contribution in [0, 0.1) is 47.3 Å². The number of ether oxygens (including phenoxy) is 4. The summed E-state index contributed by atoms with van der Waals surface area (Å²) >= 11 is 15.9. The molecular weight excluding hydrogens is 1720 g/mol. The molecule has 2 saturated carbocycles. The lowest BCUT2D eigenvalue weighted by Crippen LogP contribution is -2.53. The smallest absolute Gasteiger partial charge is 0.262 e. The fourth-order valence-electron chi connectivity index (χ4n) is 23.4. The first kappa shape index (κ1) is 89.9. The SMILES string of the molecule is CC(C)c1cccc(C(C)C)c1N1C(=O)C2=CC(Oc3ccc(C(C)(C)C)cc3)=C3C4=CC=C(c5cc6c(cc5Cl)CCc5cc(C7=CC=C8C9=C(Oc%10ccc(C(C)(C)C)cc%10)C=C%10C(=O)N(c%11c(C(C)C)cccc%11C(C)C)C(=O)C%11=CC(Oc%12ccc(C(C)(C)C)cc%12)=C(C%12=CC=CC7C%128)C9C%11%10)c(Cl)cc5C=C6)C5C=CC=C(C6=C(Oc7cccc(C(C)(C)C)c7)C=C(C1=O)C2C36)C45. The minimum Gasteiger partial charge on any atom is -0.457 e. The molecule has 686 valence electrons. The van der Waals surface area contributed by atoms with Crippen LogP contribution in [0.4, 0.5) is 11.4 Å². The number of allylic oxidation sites excluding steroid dienone is 24. The number of imide groups is 2. The molecule has 2 saturated heterocycles. The molecule has 13 aliphatic rings. The molecule has 8 aromatic rings. The maximum atomic E-state index is 16.3. The van der Waals surface area contributed by atoms with E-state index in [4.69, 9.17) is 42.1 Å². The van der Waals surface area contributed by atoms with Gasteiger partial charge < -0.3 is 18.9 Å². The van der Waals surface area contributed by atoms with Gasteiger partial charge in [-0.1, -0.05) is 320 Å². The van der Waals surface area contributed by atoms with Crippen molar-refractivity contribution in [1.29, 1.82) is 0 Å². The van der Waals surface area contributed by atoms with Gasteiger partial charge in [0.1, 0.15) is 46.0 Å². The first-order chi connectivity index (χ1) is 64.8. The Bertz CT molecular complexity index is 7130. The van der Waals surface area contributed by atoms with Gasteiger partial charge in [-0.2, -0.15) is 0 Å². The minimum atomic E-state index is -0.675. The van der Waals surface area contributed by atoms with Gasteiger partial charge in [0, 0.05) is 102 Å². The third kappa shape index (κ3) is 14.9. The number of piperidine rings is 2. The Morgan fingerprint density at radius 2 is 0.618 bits per heavy atom. The van der Waals surface area contributed by atoms with Crippen molar-refractivity contribution in [2.45, 2.75) is 197 Å². The van der Waals surface area contributed by atoms with Crippen LogP contribution in [0.5, 0.6) is 23.0 Å². The van der Waals surface area contributed by atoms with Crippen LogP contribution in [0.1, 0.15) is 240 Å². The van der Waals surface area contributed by atoms with E-state index in [0.29, 0.717) is 103 Å². The molecule has 136 heavy (non-hydrogen) atoms. The molecule has 0 N–H and O–H groups in total. The van der Waals surface area contributed by atoms with Crippen molar-refractivity contribution in [3.8, 4) is 23.0 Å². The molecule has 0 aromatic heterocycles. The lowest BCUT2D eigenvalue weighted by atomic mass is 9.52. The Hall–Kier alpha value is -12.6. The maximum absolute atomic E-state index is 16.3. The molecule has 2 aliphatic heterocycles. The summed E-state index contributed by atoms with van der Waals surface area (Å²) in [6.07, 6.45) is 36.1. The molecule has 2 heterocycles. The highest BCUT2D eigenvalue weighted by molar-refractivity contribution is 6.34. The van der Waals surface area contributed by atoms with Crippen LogP contribution in [0.15, 0.2) is 333 Å². The van der Waals surface area contributed by atoms with Crippen LogP contribution in [-0.2, 0) is 53.7 Å². The fraction of sp³-hybridized carbons (Fsp3) is 0.306. The average Bonchev–Trinajstić information content (AvgIpc) is 0.684. The van der Waals surface area contributed by atoms with Crippen molar-refractivity contribution >= 4 is 81.5 Å². The predicted octanol–water partition coefficient (Wildman–Crippen LogP) is 29.8. The third-order valence-electron chi connectivity index (χ3n) is 30.4. The van der Waals surface area contributed by atoms with E-state index in [1.54, 1.807) is 0 Å². The number of benzene rings is 8. The zero-order valence-electron chi connectivity index (χ0n) is 81.5. The number of hydrogen-bond acceptors (Lipinski definition) is 8. The second-order valence-corrected chi connectivity index (χ2v) is 45.2. The average molecular weight is 1840 g/mol. The third-order valence-corrected chi connectivity index (χ3v) is 31.1. The van der Waals surface area contributed by atoms with E-state index in [1.165, 1.54) is 9.80 Å². The molecular formula is C124H118Cl2N2O8. The summed E-state index contributed by atoms with van der Waals surface area (Å²) < 4.78 is 29.6. The molecule has 4 fully saturated rings. The van der Waals surface area contributed by atoms with Crippen molar-refractivity contribution in [2.24, 2.45) is 47.3 Å². The summed E-state index contributed by atoms with van der Waals surface area (Å²) in [5, 5.41) is 1.26. The number of rotatable bonds is 16. The molecule has 10 nitrogen and oxygen atoms in total. The van der Waals surface area contributed by atoms with Gasteiger partial charge >= 0.3 is 0 Å². The van der Waals surface area contributed by atoms with E-state index in [2.05, 4.69) is 308 Å². The highest BCUT2D eigenvalue weighted by atomic mass is 35.5. The van der Waals surface area contributed by atoms with Gasteiger partial charge in [0.2, 0.25) is 0 Å². The van der Waals surface area contributed by atoms with E-state index in [1.807, 2.05) is 85.0 Å². The van der Waals surface area contributed by atoms with Crippen molar-refractivity contribution < 1.29 is 38.1 Å². The van der Waals surface area contributed by atoms with E-state index in [0.717, 1.165) is 134 Å². The molecule has 0 bridgehead atoms. The van der Waals surface area contributed by atoms with Gasteiger partial charge in [-0.3, -0.25) is 19.2 Å². The zero-order chi connectivity index (χ0) is 95.4. The number of halogens is 2. The van der Waals surface area contributed by atoms with Crippen LogP contribution in [0.2, 0.25) is 10.0 Å². The van der Waals surface area contributed by atoms with Gasteiger partial charge in [0.05, 0.1) is 11.4 Å². The van der Waals surface area contributed by atoms with Crippen LogP contribution in [0.3, 0.4) is 0 Å². The molecule has 21 rings (SSSR count). The number of para-hydroxylation sites is 2. The van der Waals surface area contributed by atoms with Crippen molar-refractivity contribution in [3.05, 3.63) is 421 Å². The Morgan fingerprint density at radius 1 is 0.309 bits per heavy atom. The van der Waals surface area contributed by atoms with Gasteiger partial charge in [0.25, 0.3) is 23.6 Å². The van der Waals surface area contributed by atoms with Crippen LogP contribution >= 0.6 is 23.2 Å². The first-order valence-electron chi connectivity index (χ1n) is 48.7. The topological polar surface area (TPSA) is 112 Å². The minimum absolute atomic E-state index is 0.00473. The summed E-state index contributed by atoms with van der Waals surface area (Å²) in [7, 11) is 0. The quantitative estimate of drug-likeness (QED) is 0.0880. The molecule has 8 aromatic carbocycles. The second kappa shape index (κ2) is 33.1. The highest BCUT2D eigenvalue weighted by Gasteiger charge is 2.61. The first-order valence-corrected chi connectivity index (χ1v) is 49.5. The predicted molar refractivity (Wildman–Crippen MR) is 551 cm³/mol. The summed E-state index contributed by atoms with van der Waals surface area (Å²) in [6, 6.07) is 54.4. The largest absolute Gasteiger partial charge is 0.457 e. The Kier molecular flexibility index (Phi) is 21.9. The van der Waals surface area contributed by atoms with E-state index in [9.17, 15) is 0 Å². The number of nitrogens with zero attached hydrogens (tertiary/aromatic N) is 2. The summed E-state index contributed by atoms with van der Waals surface area (Å²) in [4.78, 5) is 68.1. The van der Waals surface area contributed by atoms with Gasteiger partial charge in [-0.05, 0) is 267 Å². The second-order valence-electron chi connectivity index (χ2n) is 44.4. The van der Waals surface area contributed by atoms with Gasteiger partial charge in [-0.25, -0.2) is 9.80 Å². The number of fused-ring (bicyclic) bond motifs is 6. The Labute approximate surface area is 811 Å². The summed E-state index contributed by atoms with van der Waals surface area (Å²) in [5.41, 5.74) is 27.1. The van der Waals surface area contributed by atoms with Crippen LogP contribution in [-0.4, -0.2) is 23.6 Å². The Morgan fingerprint density at radius 3 is 0.971 bits per heavy atom. The number of hydrogen-bond donors (Lipinski definition) is 0. The number of amides is 4. The normalized spacial score (nSPS) is 22.4. The molecule has 8 atom stereocenters. The van der Waals surface area contributed by atoms with E-state index < -0.39 is 23.7 Å². The molecule has 0 radical (unpaired) electrons. The number of anilines is 2. The van der Waals surface area contributed by atoms with Crippen molar-refractivity contribution in [1.82, 2.24) is 0 Å². The van der Waals surface area contributed by atoms with Crippen molar-refractivity contribution in [2.75, 3.05) is 9.80 Å². The van der Waals surface area contributed by atoms with Crippen molar-refractivity contribution in [3.63, 3.8) is 0 Å². The number of aryl methyl sites for hydroxylation is 2. The van der Waals surface area contributed by atoms with E-state index in [-0.39, 0.29) is 92.6 Å². The monoisotopic (exact) mass is 1830 g/mol. The van der Waals surface area contributed by atoms with Gasteiger partial charge in [0.15, 0.2) is 0 Å². The number of carbonyl (C=O) groups is 4. The summed E-state index contributed by atoms with van der Waals surface area (Å²) in [6.45, 7) is 43.4.